The molecule has 2 amide bonds. The second kappa shape index (κ2) is 5.99. The number of rotatable bonds is 4. The van der Waals surface area contributed by atoms with E-state index in [0.717, 1.165) is 16.8 Å². The van der Waals surface area contributed by atoms with Gasteiger partial charge in [-0.25, -0.2) is 0 Å². The van der Waals surface area contributed by atoms with Crippen molar-refractivity contribution in [1.29, 1.82) is 0 Å². The fraction of sp³-hybridized carbons (Fsp3) is 0.176. The summed E-state index contributed by atoms with van der Waals surface area (Å²) in [6, 6.07) is 14.9. The number of nitrogens with one attached hydrogen (secondary N) is 1. The Morgan fingerprint density at radius 1 is 1.14 bits per heavy atom. The summed E-state index contributed by atoms with van der Waals surface area (Å²) in [5.74, 6) is -0.264. The van der Waals surface area contributed by atoms with Gasteiger partial charge in [0.05, 0.1) is 6.42 Å². The van der Waals surface area contributed by atoms with Crippen LogP contribution in [0.15, 0.2) is 48.5 Å². The summed E-state index contributed by atoms with van der Waals surface area (Å²) in [5.41, 5.74) is 9.02. The first-order valence-corrected chi connectivity index (χ1v) is 7.14. The van der Waals surface area contributed by atoms with Gasteiger partial charge in [-0.05, 0) is 29.3 Å². The summed E-state index contributed by atoms with van der Waals surface area (Å²) in [6.45, 7) is 0.488. The molecule has 0 unspecified atom stereocenters. The molecule has 0 saturated carbocycles. The van der Waals surface area contributed by atoms with Gasteiger partial charge in [0.2, 0.25) is 11.8 Å². The van der Waals surface area contributed by atoms with E-state index < -0.39 is 0 Å². The molecule has 1 heterocycles. The highest BCUT2D eigenvalue weighted by atomic mass is 16.2. The first-order chi connectivity index (χ1) is 10.7. The molecule has 1 aliphatic rings. The van der Waals surface area contributed by atoms with Gasteiger partial charge in [-0.3, -0.25) is 9.59 Å². The van der Waals surface area contributed by atoms with E-state index in [9.17, 15) is 9.59 Å². The molecule has 112 valence electrons. The molecular formula is C17H17N3O2. The fourth-order valence-electron chi connectivity index (χ4n) is 2.56. The van der Waals surface area contributed by atoms with Crippen LogP contribution in [-0.4, -0.2) is 18.4 Å². The van der Waals surface area contributed by atoms with Crippen molar-refractivity contribution < 1.29 is 9.59 Å². The molecule has 3 rings (SSSR count). The van der Waals surface area contributed by atoms with E-state index in [1.54, 1.807) is 12.1 Å². The zero-order valence-electron chi connectivity index (χ0n) is 12.1. The zero-order valence-corrected chi connectivity index (χ0v) is 12.1. The van der Waals surface area contributed by atoms with Crippen molar-refractivity contribution in [3.05, 3.63) is 59.7 Å². The third kappa shape index (κ3) is 2.84. The number of amides is 2. The van der Waals surface area contributed by atoms with E-state index in [1.807, 2.05) is 36.4 Å². The maximum Gasteiger partial charge on any atom is 0.244 e. The number of hydrogen-bond acceptors (Lipinski definition) is 3. The molecule has 0 atom stereocenters. The molecule has 5 heteroatoms. The third-order valence-corrected chi connectivity index (χ3v) is 3.70. The predicted molar refractivity (Wildman–Crippen MR) is 85.5 cm³/mol. The molecule has 0 spiro atoms. The third-order valence-electron chi connectivity index (χ3n) is 3.70. The van der Waals surface area contributed by atoms with E-state index in [1.165, 1.54) is 4.90 Å². The van der Waals surface area contributed by atoms with Crippen LogP contribution in [0.25, 0.3) is 0 Å². The minimum atomic E-state index is -0.217. The highest BCUT2D eigenvalue weighted by Crippen LogP contribution is 2.28. The number of para-hydroxylation sites is 1. The molecule has 0 saturated heterocycles. The SMILES string of the molecule is NCc1ccc(NC(=O)CN2C(=O)Cc3ccccc32)cc1. The Morgan fingerprint density at radius 3 is 2.59 bits per heavy atom. The van der Waals surface area contributed by atoms with Crippen LogP contribution in [-0.2, 0) is 22.6 Å². The number of anilines is 2. The van der Waals surface area contributed by atoms with E-state index in [-0.39, 0.29) is 18.4 Å². The van der Waals surface area contributed by atoms with Gasteiger partial charge in [0.25, 0.3) is 0 Å². The molecule has 0 radical (unpaired) electrons. The summed E-state index contributed by atoms with van der Waals surface area (Å²) in [4.78, 5) is 25.7. The lowest BCUT2D eigenvalue weighted by atomic mass is 10.2. The standard InChI is InChI=1S/C17H17N3O2/c18-10-12-5-7-14(8-6-12)19-16(21)11-20-15-4-2-1-3-13(15)9-17(20)22/h1-8H,9-11,18H2,(H,19,21). The van der Waals surface area contributed by atoms with Crippen molar-refractivity contribution in [3.8, 4) is 0 Å². The lowest BCUT2D eigenvalue weighted by Gasteiger charge is -2.17. The quantitative estimate of drug-likeness (QED) is 0.901. The minimum Gasteiger partial charge on any atom is -0.326 e. The number of benzene rings is 2. The van der Waals surface area contributed by atoms with Crippen LogP contribution >= 0.6 is 0 Å². The topological polar surface area (TPSA) is 75.4 Å². The Kier molecular flexibility index (Phi) is 3.89. The Morgan fingerprint density at radius 2 is 1.86 bits per heavy atom. The zero-order chi connectivity index (χ0) is 15.5. The maximum atomic E-state index is 12.1. The smallest absolute Gasteiger partial charge is 0.244 e. The molecule has 22 heavy (non-hydrogen) atoms. The highest BCUT2D eigenvalue weighted by molar-refractivity contribution is 6.07. The van der Waals surface area contributed by atoms with E-state index in [4.69, 9.17) is 5.73 Å². The van der Waals surface area contributed by atoms with Crippen molar-refractivity contribution in [2.45, 2.75) is 13.0 Å². The van der Waals surface area contributed by atoms with Crippen molar-refractivity contribution in [1.82, 2.24) is 0 Å². The molecule has 0 aromatic heterocycles. The van der Waals surface area contributed by atoms with Gasteiger partial charge in [0.1, 0.15) is 6.54 Å². The number of carbonyl (C=O) groups excluding carboxylic acids is 2. The first-order valence-electron chi connectivity index (χ1n) is 7.14. The molecule has 0 aliphatic carbocycles. The van der Waals surface area contributed by atoms with Gasteiger partial charge >= 0.3 is 0 Å². The van der Waals surface area contributed by atoms with Crippen molar-refractivity contribution >= 4 is 23.2 Å². The fourth-order valence-corrected chi connectivity index (χ4v) is 2.56. The van der Waals surface area contributed by atoms with Gasteiger partial charge < -0.3 is 16.0 Å². The van der Waals surface area contributed by atoms with Crippen LogP contribution in [0.2, 0.25) is 0 Å². The molecule has 2 aromatic carbocycles. The number of nitrogens with zero attached hydrogens (tertiary/aromatic N) is 1. The summed E-state index contributed by atoms with van der Waals surface area (Å²) in [7, 11) is 0. The molecule has 1 aliphatic heterocycles. The van der Waals surface area contributed by atoms with Crippen LogP contribution in [0.4, 0.5) is 11.4 Å². The number of carbonyl (C=O) groups is 2. The number of hydrogen-bond donors (Lipinski definition) is 2. The van der Waals surface area contributed by atoms with E-state index in [0.29, 0.717) is 18.7 Å². The lowest BCUT2D eigenvalue weighted by molar-refractivity contribution is -0.120. The molecular weight excluding hydrogens is 278 g/mol. The maximum absolute atomic E-state index is 12.1. The molecule has 2 aromatic rings. The van der Waals surface area contributed by atoms with Crippen molar-refractivity contribution in [2.24, 2.45) is 5.73 Å². The minimum absolute atomic E-state index is 0.0223. The summed E-state index contributed by atoms with van der Waals surface area (Å²) in [6.07, 6.45) is 0.356. The van der Waals surface area contributed by atoms with Gasteiger partial charge in [0.15, 0.2) is 0 Å². The Labute approximate surface area is 128 Å². The predicted octanol–water partition coefficient (Wildman–Crippen LogP) is 1.67. The van der Waals surface area contributed by atoms with E-state index in [2.05, 4.69) is 5.32 Å². The van der Waals surface area contributed by atoms with Crippen LogP contribution in [0, 0.1) is 0 Å². The number of fused-ring (bicyclic) bond motifs is 1. The van der Waals surface area contributed by atoms with Gasteiger partial charge in [-0.2, -0.15) is 0 Å². The largest absolute Gasteiger partial charge is 0.326 e. The Balaban J connectivity index is 1.68. The summed E-state index contributed by atoms with van der Waals surface area (Å²) >= 11 is 0. The van der Waals surface area contributed by atoms with Crippen LogP contribution in [0.5, 0.6) is 0 Å². The number of nitrogens with two attached hydrogens (primary N) is 1. The van der Waals surface area contributed by atoms with Crippen LogP contribution in [0.3, 0.4) is 0 Å². The molecule has 0 bridgehead atoms. The Bertz CT molecular complexity index is 710. The molecule has 0 fully saturated rings. The normalized spacial score (nSPS) is 13.1. The van der Waals surface area contributed by atoms with Crippen LogP contribution in [0.1, 0.15) is 11.1 Å². The second-order valence-corrected chi connectivity index (χ2v) is 5.23. The highest BCUT2D eigenvalue weighted by Gasteiger charge is 2.28. The first kappa shape index (κ1) is 14.3. The van der Waals surface area contributed by atoms with Crippen molar-refractivity contribution in [3.63, 3.8) is 0 Å². The summed E-state index contributed by atoms with van der Waals surface area (Å²) in [5, 5.41) is 2.80. The van der Waals surface area contributed by atoms with Crippen molar-refractivity contribution in [2.75, 3.05) is 16.8 Å². The second-order valence-electron chi connectivity index (χ2n) is 5.23. The molecule has 3 N–H and O–H groups in total. The Hall–Kier alpha value is -2.66. The van der Waals surface area contributed by atoms with Gasteiger partial charge in [-0.15, -0.1) is 0 Å². The van der Waals surface area contributed by atoms with Crippen LogP contribution < -0.4 is 16.0 Å². The average Bonchev–Trinajstić information content (AvgIpc) is 2.84. The van der Waals surface area contributed by atoms with Gasteiger partial charge in [0, 0.05) is 17.9 Å². The average molecular weight is 295 g/mol. The lowest BCUT2D eigenvalue weighted by Crippen LogP contribution is -2.35. The van der Waals surface area contributed by atoms with E-state index >= 15 is 0 Å². The monoisotopic (exact) mass is 295 g/mol. The van der Waals surface area contributed by atoms with Gasteiger partial charge in [-0.1, -0.05) is 30.3 Å². The molecule has 5 nitrogen and oxygen atoms in total. The summed E-state index contributed by atoms with van der Waals surface area (Å²) < 4.78 is 0.